The molecule has 6 heteroatoms. The number of carbonyl (C=O) groups excluding carboxylic acids is 2. The molecule has 21 heavy (non-hydrogen) atoms. The zero-order valence-electron chi connectivity index (χ0n) is 14.2. The molecule has 0 fully saturated rings. The molecule has 0 saturated heterocycles. The standard InChI is InChI=1S/C15H29NO5/c1-11(10-17)8-9-16(12(18)20-14(2,3)4)13(19)21-15(5,6)7/h11,17H,8-10H2,1-7H3/t11-/m1/s1. The Morgan fingerprint density at radius 1 is 1.00 bits per heavy atom. The molecule has 0 saturated carbocycles. The number of amides is 2. The van der Waals surface area contributed by atoms with E-state index in [9.17, 15) is 9.59 Å². The van der Waals surface area contributed by atoms with Crippen LogP contribution in [0.1, 0.15) is 54.9 Å². The van der Waals surface area contributed by atoms with Crippen LogP contribution in [0.2, 0.25) is 0 Å². The van der Waals surface area contributed by atoms with E-state index in [1.54, 1.807) is 41.5 Å². The second-order valence-corrected chi connectivity index (χ2v) is 7.19. The first kappa shape index (κ1) is 19.7. The van der Waals surface area contributed by atoms with E-state index in [-0.39, 0.29) is 19.1 Å². The average molecular weight is 303 g/mol. The van der Waals surface area contributed by atoms with Crippen molar-refractivity contribution >= 4 is 12.2 Å². The minimum absolute atomic E-state index is 0.00350. The highest BCUT2D eigenvalue weighted by atomic mass is 16.6. The van der Waals surface area contributed by atoms with E-state index in [1.165, 1.54) is 0 Å². The van der Waals surface area contributed by atoms with Crippen molar-refractivity contribution in [2.45, 2.75) is 66.1 Å². The Labute approximate surface area is 127 Å². The maximum absolute atomic E-state index is 12.1. The quantitative estimate of drug-likeness (QED) is 0.863. The number of hydrogen-bond donors (Lipinski definition) is 1. The lowest BCUT2D eigenvalue weighted by Gasteiger charge is -2.29. The third-order valence-electron chi connectivity index (χ3n) is 2.38. The number of aliphatic hydroxyl groups is 1. The molecule has 0 unspecified atom stereocenters. The van der Waals surface area contributed by atoms with Crippen molar-refractivity contribution in [3.8, 4) is 0 Å². The molecule has 0 aliphatic carbocycles. The topological polar surface area (TPSA) is 76.1 Å². The summed E-state index contributed by atoms with van der Waals surface area (Å²) in [7, 11) is 0. The monoisotopic (exact) mass is 303 g/mol. The molecule has 0 aromatic carbocycles. The number of nitrogens with zero attached hydrogens (tertiary/aromatic N) is 1. The van der Waals surface area contributed by atoms with E-state index in [1.807, 2.05) is 6.92 Å². The molecule has 0 radical (unpaired) electrons. The van der Waals surface area contributed by atoms with Crippen LogP contribution in [0.15, 0.2) is 0 Å². The Hall–Kier alpha value is -1.30. The van der Waals surface area contributed by atoms with Gasteiger partial charge in [-0.15, -0.1) is 0 Å². The molecule has 0 aromatic heterocycles. The molecule has 2 amide bonds. The van der Waals surface area contributed by atoms with Crippen LogP contribution in [0.25, 0.3) is 0 Å². The predicted octanol–water partition coefficient (Wildman–Crippen LogP) is 3.18. The summed E-state index contributed by atoms with van der Waals surface area (Å²) in [6.07, 6.45) is -0.988. The number of carbonyl (C=O) groups is 2. The van der Waals surface area contributed by atoms with Crippen molar-refractivity contribution < 1.29 is 24.2 Å². The molecule has 0 spiro atoms. The van der Waals surface area contributed by atoms with Crippen LogP contribution in [-0.4, -0.2) is 46.5 Å². The van der Waals surface area contributed by atoms with Gasteiger partial charge in [0.2, 0.25) is 0 Å². The van der Waals surface area contributed by atoms with Gasteiger partial charge in [-0.1, -0.05) is 6.92 Å². The third kappa shape index (κ3) is 9.28. The lowest BCUT2D eigenvalue weighted by atomic mass is 10.1. The lowest BCUT2D eigenvalue weighted by Crippen LogP contribution is -2.44. The Morgan fingerprint density at radius 3 is 1.67 bits per heavy atom. The van der Waals surface area contributed by atoms with Gasteiger partial charge in [-0.3, -0.25) is 0 Å². The molecule has 124 valence electrons. The van der Waals surface area contributed by atoms with Gasteiger partial charge in [0.1, 0.15) is 11.2 Å². The van der Waals surface area contributed by atoms with Crippen LogP contribution in [0, 0.1) is 5.92 Å². The van der Waals surface area contributed by atoms with E-state index >= 15 is 0 Å². The summed E-state index contributed by atoms with van der Waals surface area (Å²) < 4.78 is 10.5. The number of imide groups is 1. The summed E-state index contributed by atoms with van der Waals surface area (Å²) in [5.41, 5.74) is -1.39. The predicted molar refractivity (Wildman–Crippen MR) is 80.0 cm³/mol. The third-order valence-corrected chi connectivity index (χ3v) is 2.38. The van der Waals surface area contributed by atoms with Crippen molar-refractivity contribution in [1.82, 2.24) is 4.90 Å². The van der Waals surface area contributed by atoms with Crippen LogP contribution >= 0.6 is 0 Å². The summed E-state index contributed by atoms with van der Waals surface area (Å²) >= 11 is 0. The summed E-state index contributed by atoms with van der Waals surface area (Å²) in [6.45, 7) is 12.4. The molecule has 0 rings (SSSR count). The van der Waals surface area contributed by atoms with Crippen LogP contribution in [0.5, 0.6) is 0 Å². The molecule has 6 nitrogen and oxygen atoms in total. The first-order chi connectivity index (χ1) is 9.35. The van der Waals surface area contributed by atoms with Gasteiger partial charge in [0.25, 0.3) is 0 Å². The summed E-state index contributed by atoms with van der Waals surface area (Å²) in [5.74, 6) is -0.0163. The Bertz CT molecular complexity index is 326. The molecule has 1 N–H and O–H groups in total. The summed E-state index contributed by atoms with van der Waals surface area (Å²) in [5, 5.41) is 9.05. The van der Waals surface area contributed by atoms with E-state index in [0.29, 0.717) is 6.42 Å². The SMILES string of the molecule is C[C@@H](CO)CCN(C(=O)OC(C)(C)C)C(=O)OC(C)(C)C. The lowest BCUT2D eigenvalue weighted by molar-refractivity contribution is 0.000229. The van der Waals surface area contributed by atoms with Crippen LogP contribution in [0.4, 0.5) is 9.59 Å². The molecule has 0 aliphatic heterocycles. The molecule has 0 bridgehead atoms. The average Bonchev–Trinajstić information content (AvgIpc) is 2.23. The van der Waals surface area contributed by atoms with Crippen molar-refractivity contribution in [2.75, 3.05) is 13.2 Å². The Morgan fingerprint density at radius 2 is 1.38 bits per heavy atom. The van der Waals surface area contributed by atoms with Gasteiger partial charge in [-0.2, -0.15) is 0 Å². The number of rotatable bonds is 4. The second-order valence-electron chi connectivity index (χ2n) is 7.19. The maximum atomic E-state index is 12.1. The highest BCUT2D eigenvalue weighted by Crippen LogP contribution is 2.15. The highest BCUT2D eigenvalue weighted by Gasteiger charge is 2.31. The fraction of sp³-hybridized carbons (Fsp3) is 0.867. The van der Waals surface area contributed by atoms with Gasteiger partial charge < -0.3 is 14.6 Å². The fourth-order valence-corrected chi connectivity index (χ4v) is 1.33. The number of aliphatic hydroxyl groups excluding tert-OH is 1. The van der Waals surface area contributed by atoms with Crippen molar-refractivity contribution in [3.63, 3.8) is 0 Å². The Kier molecular flexibility index (Phi) is 7.16. The van der Waals surface area contributed by atoms with Gasteiger partial charge in [-0.05, 0) is 53.9 Å². The van der Waals surface area contributed by atoms with E-state index in [0.717, 1.165) is 4.90 Å². The number of hydrogen-bond acceptors (Lipinski definition) is 5. The Balaban J connectivity index is 4.91. The molecule has 1 atom stereocenters. The minimum atomic E-state index is -0.734. The first-order valence-electron chi connectivity index (χ1n) is 7.20. The minimum Gasteiger partial charge on any atom is -0.443 e. The molecule has 0 aliphatic rings. The summed E-state index contributed by atoms with van der Waals surface area (Å²) in [6, 6.07) is 0. The largest absolute Gasteiger partial charge is 0.443 e. The normalized spacial score (nSPS) is 13.5. The zero-order valence-corrected chi connectivity index (χ0v) is 14.2. The van der Waals surface area contributed by atoms with Crippen LogP contribution in [0.3, 0.4) is 0 Å². The summed E-state index contributed by atoms with van der Waals surface area (Å²) in [4.78, 5) is 25.2. The molecule has 0 aromatic rings. The van der Waals surface area contributed by atoms with Gasteiger partial charge >= 0.3 is 12.2 Å². The van der Waals surface area contributed by atoms with Crippen molar-refractivity contribution in [3.05, 3.63) is 0 Å². The molecular weight excluding hydrogens is 274 g/mol. The highest BCUT2D eigenvalue weighted by molar-refractivity contribution is 5.88. The van der Waals surface area contributed by atoms with Gasteiger partial charge in [-0.25, -0.2) is 14.5 Å². The molecule has 0 heterocycles. The van der Waals surface area contributed by atoms with Gasteiger partial charge in [0.15, 0.2) is 0 Å². The molecular formula is C15H29NO5. The van der Waals surface area contributed by atoms with E-state index in [4.69, 9.17) is 14.6 Å². The van der Waals surface area contributed by atoms with Gasteiger partial charge in [0.05, 0.1) is 0 Å². The van der Waals surface area contributed by atoms with Crippen LogP contribution < -0.4 is 0 Å². The van der Waals surface area contributed by atoms with Crippen LogP contribution in [-0.2, 0) is 9.47 Å². The fourth-order valence-electron chi connectivity index (χ4n) is 1.33. The van der Waals surface area contributed by atoms with Gasteiger partial charge in [0, 0.05) is 13.2 Å². The second kappa shape index (κ2) is 7.64. The zero-order chi connectivity index (χ0) is 16.8. The van der Waals surface area contributed by atoms with Crippen molar-refractivity contribution in [2.24, 2.45) is 5.92 Å². The maximum Gasteiger partial charge on any atom is 0.419 e. The van der Waals surface area contributed by atoms with E-state index in [2.05, 4.69) is 0 Å². The van der Waals surface area contributed by atoms with E-state index < -0.39 is 23.4 Å². The smallest absolute Gasteiger partial charge is 0.419 e. The van der Waals surface area contributed by atoms with Crippen molar-refractivity contribution in [1.29, 1.82) is 0 Å². The number of ether oxygens (including phenoxy) is 2. The first-order valence-corrected chi connectivity index (χ1v) is 7.20.